The molecule has 0 fully saturated rings. The van der Waals surface area contributed by atoms with Crippen LogP contribution in [0.1, 0.15) is 23.1 Å². The second-order valence-corrected chi connectivity index (χ2v) is 6.44. The van der Waals surface area contributed by atoms with E-state index < -0.39 is 0 Å². The number of hydrogen-bond acceptors (Lipinski definition) is 2. The average Bonchev–Trinajstić information content (AvgIpc) is 2.53. The van der Waals surface area contributed by atoms with Crippen LogP contribution in [0.25, 0.3) is 0 Å². The Labute approximate surface area is 145 Å². The minimum Gasteiger partial charge on any atom is -0.311 e. The molecule has 0 heterocycles. The van der Waals surface area contributed by atoms with Crippen molar-refractivity contribution < 1.29 is 4.79 Å². The van der Waals surface area contributed by atoms with Crippen molar-refractivity contribution in [3.8, 4) is 6.07 Å². The number of rotatable bonds is 5. The third-order valence-corrected chi connectivity index (χ3v) is 4.35. The Balaban J connectivity index is 2.22. The molecule has 0 radical (unpaired) electrons. The molecule has 0 N–H and O–H groups in total. The quantitative estimate of drug-likeness (QED) is 0.774. The lowest BCUT2D eigenvalue weighted by atomic mass is 10.1. The van der Waals surface area contributed by atoms with Gasteiger partial charge in [0.1, 0.15) is 0 Å². The molecule has 0 saturated carbocycles. The van der Waals surface area contributed by atoms with E-state index in [0.717, 1.165) is 21.3 Å². The number of hydrogen-bond donors (Lipinski definition) is 0. The molecule has 4 heteroatoms. The van der Waals surface area contributed by atoms with Crippen molar-refractivity contribution in [3.63, 3.8) is 0 Å². The number of nitriles is 1. The van der Waals surface area contributed by atoms with Gasteiger partial charge in [0, 0.05) is 16.7 Å². The summed E-state index contributed by atoms with van der Waals surface area (Å²) < 4.78 is 0.990. The van der Waals surface area contributed by atoms with Crippen molar-refractivity contribution >= 4 is 27.5 Å². The van der Waals surface area contributed by atoms with E-state index in [-0.39, 0.29) is 5.91 Å². The molecular weight excluding hydrogens is 352 g/mol. The highest BCUT2D eigenvalue weighted by Crippen LogP contribution is 2.21. The van der Waals surface area contributed by atoms with E-state index in [2.05, 4.69) is 22.0 Å². The van der Waals surface area contributed by atoms with Gasteiger partial charge in [-0.25, -0.2) is 0 Å². The van der Waals surface area contributed by atoms with Gasteiger partial charge in [-0.05, 0) is 54.8 Å². The fraction of sp³-hybridized carbons (Fsp3) is 0.263. The van der Waals surface area contributed by atoms with Crippen LogP contribution < -0.4 is 4.90 Å². The topological polar surface area (TPSA) is 44.1 Å². The van der Waals surface area contributed by atoms with Crippen LogP contribution in [-0.4, -0.2) is 12.5 Å². The molecule has 0 unspecified atom stereocenters. The number of carbonyl (C=O) groups is 1. The molecule has 0 aliphatic rings. The predicted octanol–water partition coefficient (Wildman–Crippen LogP) is 4.56. The van der Waals surface area contributed by atoms with Crippen LogP contribution in [0.2, 0.25) is 0 Å². The molecule has 0 aliphatic carbocycles. The zero-order chi connectivity index (χ0) is 16.8. The van der Waals surface area contributed by atoms with Gasteiger partial charge >= 0.3 is 0 Å². The SMILES string of the molecule is Cc1ccc(N(CCC#N)C(=O)Cc2ccc(Br)cc2)cc1C. The second-order valence-electron chi connectivity index (χ2n) is 5.53. The molecule has 0 bridgehead atoms. The van der Waals surface area contributed by atoms with Crippen LogP contribution >= 0.6 is 15.9 Å². The Kier molecular flexibility index (Phi) is 5.95. The van der Waals surface area contributed by atoms with Crippen LogP contribution in [0, 0.1) is 25.2 Å². The average molecular weight is 371 g/mol. The maximum absolute atomic E-state index is 12.7. The van der Waals surface area contributed by atoms with Crippen molar-refractivity contribution in [2.75, 3.05) is 11.4 Å². The molecule has 0 atom stereocenters. The summed E-state index contributed by atoms with van der Waals surface area (Å²) in [6.45, 7) is 4.48. The van der Waals surface area contributed by atoms with Crippen molar-refractivity contribution in [1.82, 2.24) is 0 Å². The Bertz CT molecular complexity index is 732. The number of halogens is 1. The molecule has 2 aromatic carbocycles. The first-order valence-electron chi connectivity index (χ1n) is 7.50. The maximum Gasteiger partial charge on any atom is 0.231 e. The number of anilines is 1. The first kappa shape index (κ1) is 17.2. The molecule has 118 valence electrons. The number of benzene rings is 2. The minimum atomic E-state index is 0.00539. The van der Waals surface area contributed by atoms with Crippen molar-refractivity contribution in [3.05, 3.63) is 63.6 Å². The largest absolute Gasteiger partial charge is 0.311 e. The van der Waals surface area contributed by atoms with Gasteiger partial charge in [0.25, 0.3) is 0 Å². The summed E-state index contributed by atoms with van der Waals surface area (Å²) in [4.78, 5) is 14.4. The lowest BCUT2D eigenvalue weighted by Crippen LogP contribution is -2.33. The summed E-state index contributed by atoms with van der Waals surface area (Å²) in [5, 5.41) is 8.87. The van der Waals surface area contributed by atoms with Gasteiger partial charge in [-0.15, -0.1) is 0 Å². The zero-order valence-corrected chi connectivity index (χ0v) is 14.9. The zero-order valence-electron chi connectivity index (χ0n) is 13.3. The number of amides is 1. The van der Waals surface area contributed by atoms with E-state index >= 15 is 0 Å². The monoisotopic (exact) mass is 370 g/mol. The van der Waals surface area contributed by atoms with Crippen LogP contribution in [0.3, 0.4) is 0 Å². The molecule has 2 aromatic rings. The molecule has 23 heavy (non-hydrogen) atoms. The Morgan fingerprint density at radius 2 is 1.83 bits per heavy atom. The van der Waals surface area contributed by atoms with Gasteiger partial charge in [0.15, 0.2) is 0 Å². The molecular formula is C19H19BrN2O. The molecule has 2 rings (SSSR count). The van der Waals surface area contributed by atoms with Gasteiger partial charge in [0.2, 0.25) is 5.91 Å². The third kappa shape index (κ3) is 4.67. The summed E-state index contributed by atoms with van der Waals surface area (Å²) in [5.41, 5.74) is 4.14. The Morgan fingerprint density at radius 3 is 2.43 bits per heavy atom. The first-order chi connectivity index (χ1) is 11.0. The van der Waals surface area contributed by atoms with Crippen LogP contribution in [-0.2, 0) is 11.2 Å². The van der Waals surface area contributed by atoms with Gasteiger partial charge < -0.3 is 4.90 Å². The summed E-state index contributed by atoms with van der Waals surface area (Å²) in [6.07, 6.45) is 0.643. The molecule has 0 aromatic heterocycles. The van der Waals surface area contributed by atoms with Crippen molar-refractivity contribution in [2.45, 2.75) is 26.7 Å². The van der Waals surface area contributed by atoms with E-state index in [9.17, 15) is 4.79 Å². The fourth-order valence-electron chi connectivity index (χ4n) is 2.33. The van der Waals surface area contributed by atoms with Gasteiger partial charge in [-0.1, -0.05) is 34.1 Å². The smallest absolute Gasteiger partial charge is 0.231 e. The van der Waals surface area contributed by atoms with E-state index in [1.165, 1.54) is 5.56 Å². The minimum absolute atomic E-state index is 0.00539. The lowest BCUT2D eigenvalue weighted by molar-refractivity contribution is -0.118. The van der Waals surface area contributed by atoms with Crippen LogP contribution in [0.15, 0.2) is 46.9 Å². The third-order valence-electron chi connectivity index (χ3n) is 3.82. The molecule has 0 aliphatic heterocycles. The summed E-state index contributed by atoms with van der Waals surface area (Å²) in [5.74, 6) is 0.00539. The van der Waals surface area contributed by atoms with E-state index in [1.54, 1.807) is 4.90 Å². The molecule has 0 spiro atoms. The van der Waals surface area contributed by atoms with Gasteiger partial charge in [-0.2, -0.15) is 5.26 Å². The molecule has 0 saturated heterocycles. The Morgan fingerprint density at radius 1 is 1.13 bits per heavy atom. The standard InChI is InChI=1S/C19H19BrN2O/c1-14-4-9-18(12-15(14)2)22(11-3-10-21)19(23)13-16-5-7-17(20)8-6-16/h4-9,12H,3,11,13H2,1-2H3. The number of nitrogens with zero attached hydrogens (tertiary/aromatic N) is 2. The van der Waals surface area contributed by atoms with Gasteiger partial charge in [-0.3, -0.25) is 4.79 Å². The number of aryl methyl sites for hydroxylation is 2. The molecule has 1 amide bonds. The first-order valence-corrected chi connectivity index (χ1v) is 8.29. The normalized spacial score (nSPS) is 10.2. The Hall–Kier alpha value is -2.12. The van der Waals surface area contributed by atoms with Crippen LogP contribution in [0.5, 0.6) is 0 Å². The van der Waals surface area contributed by atoms with E-state index in [0.29, 0.717) is 19.4 Å². The van der Waals surface area contributed by atoms with E-state index in [1.807, 2.05) is 56.3 Å². The van der Waals surface area contributed by atoms with E-state index in [4.69, 9.17) is 5.26 Å². The molecule has 3 nitrogen and oxygen atoms in total. The highest BCUT2D eigenvalue weighted by molar-refractivity contribution is 9.10. The number of carbonyl (C=O) groups excluding carboxylic acids is 1. The highest BCUT2D eigenvalue weighted by atomic mass is 79.9. The summed E-state index contributed by atoms with van der Waals surface area (Å²) in [6, 6.07) is 15.8. The van der Waals surface area contributed by atoms with Gasteiger partial charge in [0.05, 0.1) is 18.9 Å². The highest BCUT2D eigenvalue weighted by Gasteiger charge is 2.16. The predicted molar refractivity (Wildman–Crippen MR) is 96.3 cm³/mol. The summed E-state index contributed by atoms with van der Waals surface area (Å²) in [7, 11) is 0. The fourth-order valence-corrected chi connectivity index (χ4v) is 2.59. The van der Waals surface area contributed by atoms with Crippen molar-refractivity contribution in [1.29, 1.82) is 5.26 Å². The van der Waals surface area contributed by atoms with Crippen molar-refractivity contribution in [2.24, 2.45) is 0 Å². The summed E-state index contributed by atoms with van der Waals surface area (Å²) >= 11 is 3.39. The lowest BCUT2D eigenvalue weighted by Gasteiger charge is -2.23. The maximum atomic E-state index is 12.7. The second kappa shape index (κ2) is 7.94. The van der Waals surface area contributed by atoms with Crippen LogP contribution in [0.4, 0.5) is 5.69 Å².